The molecule has 1 heterocycles. The SMILES string of the molecule is CCC1CCC(CNc2nn(C)cc2[N+](=O)[O-])CC1. The predicted octanol–water partition coefficient (Wildman–Crippen LogP) is 2.96. The van der Waals surface area contributed by atoms with Crippen molar-refractivity contribution in [2.45, 2.75) is 39.0 Å². The summed E-state index contributed by atoms with van der Waals surface area (Å²) in [5.74, 6) is 1.88. The van der Waals surface area contributed by atoms with Crippen LogP contribution < -0.4 is 5.32 Å². The zero-order valence-corrected chi connectivity index (χ0v) is 11.6. The summed E-state index contributed by atoms with van der Waals surface area (Å²) in [7, 11) is 1.70. The summed E-state index contributed by atoms with van der Waals surface area (Å²) in [5.41, 5.74) is 0.0599. The Morgan fingerprint density at radius 2 is 2.05 bits per heavy atom. The number of nitrogens with one attached hydrogen (secondary N) is 1. The highest BCUT2D eigenvalue weighted by molar-refractivity contribution is 5.54. The van der Waals surface area contributed by atoms with E-state index in [0.29, 0.717) is 11.7 Å². The van der Waals surface area contributed by atoms with Gasteiger partial charge in [0.05, 0.1) is 4.92 Å². The standard InChI is InChI=1S/C13H22N4O2/c1-3-10-4-6-11(7-5-10)8-14-13-12(17(18)19)9-16(2)15-13/h9-11H,3-8H2,1-2H3,(H,14,15). The average Bonchev–Trinajstić information content (AvgIpc) is 2.78. The summed E-state index contributed by atoms with van der Waals surface area (Å²) in [6.45, 7) is 3.04. The lowest BCUT2D eigenvalue weighted by atomic mass is 9.81. The van der Waals surface area contributed by atoms with Crippen molar-refractivity contribution < 1.29 is 4.92 Å². The molecular weight excluding hydrogens is 244 g/mol. The van der Waals surface area contributed by atoms with Crippen molar-refractivity contribution in [2.75, 3.05) is 11.9 Å². The van der Waals surface area contributed by atoms with Gasteiger partial charge in [-0.15, -0.1) is 5.10 Å². The highest BCUT2D eigenvalue weighted by Gasteiger charge is 2.22. The summed E-state index contributed by atoms with van der Waals surface area (Å²) in [6.07, 6.45) is 7.71. The highest BCUT2D eigenvalue weighted by Crippen LogP contribution is 2.31. The zero-order chi connectivity index (χ0) is 13.8. The number of nitrogens with zero attached hydrogens (tertiary/aromatic N) is 3. The molecule has 0 saturated heterocycles. The topological polar surface area (TPSA) is 73.0 Å². The Kier molecular flexibility index (Phi) is 4.39. The molecule has 1 aliphatic rings. The predicted molar refractivity (Wildman–Crippen MR) is 74.1 cm³/mol. The lowest BCUT2D eigenvalue weighted by Gasteiger charge is -2.27. The van der Waals surface area contributed by atoms with E-state index in [9.17, 15) is 10.1 Å². The van der Waals surface area contributed by atoms with Crippen LogP contribution in [0.5, 0.6) is 0 Å². The Labute approximate surface area is 113 Å². The molecule has 0 aliphatic heterocycles. The van der Waals surface area contributed by atoms with Crippen molar-refractivity contribution in [3.05, 3.63) is 16.3 Å². The first-order chi connectivity index (χ1) is 9.10. The van der Waals surface area contributed by atoms with Gasteiger partial charge in [-0.3, -0.25) is 14.8 Å². The van der Waals surface area contributed by atoms with Crippen molar-refractivity contribution in [1.29, 1.82) is 0 Å². The van der Waals surface area contributed by atoms with Crippen LogP contribution in [-0.4, -0.2) is 21.2 Å². The second kappa shape index (κ2) is 6.04. The van der Waals surface area contributed by atoms with E-state index < -0.39 is 0 Å². The van der Waals surface area contributed by atoms with Crippen LogP contribution in [0.3, 0.4) is 0 Å². The molecule has 19 heavy (non-hydrogen) atoms. The van der Waals surface area contributed by atoms with Crippen LogP contribution in [0.2, 0.25) is 0 Å². The highest BCUT2D eigenvalue weighted by atomic mass is 16.6. The molecule has 6 nitrogen and oxygen atoms in total. The molecule has 1 saturated carbocycles. The van der Waals surface area contributed by atoms with E-state index in [1.165, 1.54) is 43.0 Å². The third kappa shape index (κ3) is 3.45. The second-order valence-corrected chi connectivity index (χ2v) is 5.47. The quantitative estimate of drug-likeness (QED) is 0.657. The van der Waals surface area contributed by atoms with E-state index in [4.69, 9.17) is 0 Å². The molecule has 0 amide bonds. The Morgan fingerprint density at radius 1 is 1.42 bits per heavy atom. The molecule has 106 valence electrons. The number of anilines is 1. The molecule has 6 heteroatoms. The van der Waals surface area contributed by atoms with Gasteiger partial charge in [-0.2, -0.15) is 0 Å². The number of hydrogen-bond acceptors (Lipinski definition) is 4. The minimum atomic E-state index is -0.386. The van der Waals surface area contributed by atoms with E-state index >= 15 is 0 Å². The van der Waals surface area contributed by atoms with Crippen LogP contribution in [0.1, 0.15) is 39.0 Å². The molecule has 0 unspecified atom stereocenters. The average molecular weight is 266 g/mol. The Hall–Kier alpha value is -1.59. The van der Waals surface area contributed by atoms with Crippen molar-refractivity contribution >= 4 is 11.5 Å². The monoisotopic (exact) mass is 266 g/mol. The molecule has 0 atom stereocenters. The van der Waals surface area contributed by atoms with Gasteiger partial charge in [-0.1, -0.05) is 26.2 Å². The summed E-state index contributed by atoms with van der Waals surface area (Å²) in [6, 6.07) is 0. The van der Waals surface area contributed by atoms with Crippen LogP contribution >= 0.6 is 0 Å². The number of rotatable bonds is 5. The minimum absolute atomic E-state index is 0.0599. The Bertz CT molecular complexity index is 436. The fourth-order valence-corrected chi connectivity index (χ4v) is 2.82. The third-order valence-corrected chi connectivity index (χ3v) is 4.11. The van der Waals surface area contributed by atoms with E-state index in [2.05, 4.69) is 17.3 Å². The molecular formula is C13H22N4O2. The van der Waals surface area contributed by atoms with Gasteiger partial charge < -0.3 is 5.32 Å². The molecule has 0 bridgehead atoms. The Balaban J connectivity index is 1.87. The first-order valence-electron chi connectivity index (χ1n) is 7.02. The molecule has 1 N–H and O–H groups in total. The molecule has 1 fully saturated rings. The van der Waals surface area contributed by atoms with Gasteiger partial charge in [0.15, 0.2) is 0 Å². The fourth-order valence-electron chi connectivity index (χ4n) is 2.82. The number of hydrogen-bond donors (Lipinski definition) is 1. The molecule has 0 radical (unpaired) electrons. The van der Waals surface area contributed by atoms with Gasteiger partial charge in [-0.05, 0) is 24.7 Å². The van der Waals surface area contributed by atoms with E-state index in [1.54, 1.807) is 7.05 Å². The van der Waals surface area contributed by atoms with Gasteiger partial charge in [0.2, 0.25) is 5.82 Å². The summed E-state index contributed by atoms with van der Waals surface area (Å²) < 4.78 is 1.48. The largest absolute Gasteiger partial charge is 0.363 e. The summed E-state index contributed by atoms with van der Waals surface area (Å²) in [4.78, 5) is 10.5. The zero-order valence-electron chi connectivity index (χ0n) is 11.6. The van der Waals surface area contributed by atoms with E-state index in [-0.39, 0.29) is 10.6 Å². The molecule has 2 rings (SSSR count). The van der Waals surface area contributed by atoms with E-state index in [1.807, 2.05) is 0 Å². The van der Waals surface area contributed by atoms with Gasteiger partial charge in [0, 0.05) is 13.6 Å². The van der Waals surface area contributed by atoms with Crippen molar-refractivity contribution in [2.24, 2.45) is 18.9 Å². The lowest BCUT2D eigenvalue weighted by Crippen LogP contribution is -2.21. The van der Waals surface area contributed by atoms with Crippen molar-refractivity contribution in [3.8, 4) is 0 Å². The van der Waals surface area contributed by atoms with E-state index in [0.717, 1.165) is 12.5 Å². The summed E-state index contributed by atoms with van der Waals surface area (Å²) in [5, 5.41) is 18.1. The van der Waals surface area contributed by atoms with Gasteiger partial charge in [-0.25, -0.2) is 0 Å². The Morgan fingerprint density at radius 3 is 2.63 bits per heavy atom. The molecule has 1 aliphatic carbocycles. The molecule has 0 spiro atoms. The van der Waals surface area contributed by atoms with Crippen molar-refractivity contribution in [1.82, 2.24) is 9.78 Å². The number of nitro groups is 1. The minimum Gasteiger partial charge on any atom is -0.363 e. The lowest BCUT2D eigenvalue weighted by molar-refractivity contribution is -0.384. The first-order valence-corrected chi connectivity index (χ1v) is 7.02. The van der Waals surface area contributed by atoms with Crippen LogP contribution in [0, 0.1) is 22.0 Å². The normalized spacial score (nSPS) is 23.3. The smallest absolute Gasteiger partial charge is 0.330 e. The first kappa shape index (κ1) is 13.8. The maximum atomic E-state index is 10.9. The van der Waals surface area contributed by atoms with Crippen LogP contribution in [-0.2, 0) is 7.05 Å². The molecule has 1 aromatic rings. The maximum absolute atomic E-state index is 10.9. The maximum Gasteiger partial charge on any atom is 0.330 e. The second-order valence-electron chi connectivity index (χ2n) is 5.47. The van der Waals surface area contributed by atoms with Crippen molar-refractivity contribution in [3.63, 3.8) is 0 Å². The third-order valence-electron chi connectivity index (χ3n) is 4.11. The van der Waals surface area contributed by atoms with Gasteiger partial charge >= 0.3 is 5.69 Å². The number of aromatic nitrogens is 2. The van der Waals surface area contributed by atoms with Gasteiger partial charge in [0.25, 0.3) is 0 Å². The molecule has 0 aromatic carbocycles. The number of aryl methyl sites for hydroxylation is 1. The van der Waals surface area contributed by atoms with Crippen LogP contribution in [0.25, 0.3) is 0 Å². The van der Waals surface area contributed by atoms with Gasteiger partial charge in [0.1, 0.15) is 6.20 Å². The summed E-state index contributed by atoms with van der Waals surface area (Å²) >= 11 is 0. The fraction of sp³-hybridized carbons (Fsp3) is 0.769. The molecule has 1 aromatic heterocycles. The van der Waals surface area contributed by atoms with Crippen LogP contribution in [0.15, 0.2) is 6.20 Å². The van der Waals surface area contributed by atoms with Crippen LogP contribution in [0.4, 0.5) is 11.5 Å².